The highest BCUT2D eigenvalue weighted by Gasteiger charge is 2.21. The second-order valence-corrected chi connectivity index (χ2v) is 7.16. The minimum absolute atomic E-state index is 0.123. The molecule has 1 N–H and O–H groups in total. The van der Waals surface area contributed by atoms with Gasteiger partial charge < -0.3 is 4.74 Å². The summed E-state index contributed by atoms with van der Waals surface area (Å²) in [5.74, 6) is 0.474. The van der Waals surface area contributed by atoms with Crippen LogP contribution in [0.3, 0.4) is 0 Å². The Morgan fingerprint density at radius 2 is 1.97 bits per heavy atom. The van der Waals surface area contributed by atoms with Crippen LogP contribution in [0, 0.1) is 5.92 Å². The molecule has 0 aliphatic rings. The number of amides is 1. The summed E-state index contributed by atoms with van der Waals surface area (Å²) in [6, 6.07) is 14.0. The molecule has 3 aromatic rings. The first-order chi connectivity index (χ1) is 14.0. The lowest BCUT2D eigenvalue weighted by atomic mass is 10.1. The molecule has 0 aliphatic heterocycles. The van der Waals surface area contributed by atoms with Gasteiger partial charge in [-0.3, -0.25) is 14.6 Å². The molecule has 0 saturated carbocycles. The van der Waals surface area contributed by atoms with Crippen molar-refractivity contribution in [2.75, 3.05) is 11.4 Å². The summed E-state index contributed by atoms with van der Waals surface area (Å²) in [5.41, 5.74) is 1.24. The van der Waals surface area contributed by atoms with E-state index in [1.807, 2.05) is 44.2 Å². The predicted octanol–water partition coefficient (Wildman–Crippen LogP) is 3.92. The van der Waals surface area contributed by atoms with Crippen LogP contribution in [0.1, 0.15) is 36.2 Å². The van der Waals surface area contributed by atoms with Crippen LogP contribution in [0.25, 0.3) is 10.9 Å². The average molecular weight is 393 g/mol. The van der Waals surface area contributed by atoms with Gasteiger partial charge in [0.05, 0.1) is 10.9 Å². The summed E-state index contributed by atoms with van der Waals surface area (Å²) in [6.45, 7) is 4.57. The smallest absolute Gasteiger partial charge is 0.416 e. The number of aldehydes is 1. The number of H-pyrrole nitrogens is 1. The van der Waals surface area contributed by atoms with E-state index in [1.54, 1.807) is 12.1 Å². The van der Waals surface area contributed by atoms with Crippen molar-refractivity contribution < 1.29 is 14.3 Å². The number of fused-ring (bicyclic) bond motifs is 1. The number of nitrogens with one attached hydrogen (secondary N) is 1. The van der Waals surface area contributed by atoms with E-state index in [4.69, 9.17) is 4.74 Å². The van der Waals surface area contributed by atoms with E-state index in [-0.39, 0.29) is 12.6 Å². The lowest BCUT2D eigenvalue weighted by Crippen LogP contribution is -2.35. The lowest BCUT2D eigenvalue weighted by Gasteiger charge is -2.22. The number of rotatable bonds is 7. The molecule has 0 radical (unpaired) electrons. The van der Waals surface area contributed by atoms with Crippen molar-refractivity contribution in [2.45, 2.75) is 26.9 Å². The Hall–Kier alpha value is -3.48. The molecule has 150 valence electrons. The molecular weight excluding hydrogens is 370 g/mol. The van der Waals surface area contributed by atoms with E-state index in [9.17, 15) is 14.4 Å². The summed E-state index contributed by atoms with van der Waals surface area (Å²) >= 11 is 0. The van der Waals surface area contributed by atoms with Gasteiger partial charge in [-0.25, -0.2) is 14.7 Å². The molecule has 0 atom stereocenters. The molecule has 2 aromatic carbocycles. The van der Waals surface area contributed by atoms with Crippen molar-refractivity contribution in [2.24, 2.45) is 5.92 Å². The largest absolute Gasteiger partial charge is 0.444 e. The first kappa shape index (κ1) is 20.3. The van der Waals surface area contributed by atoms with Gasteiger partial charge in [-0.2, -0.15) is 0 Å². The second kappa shape index (κ2) is 9.14. The van der Waals surface area contributed by atoms with Crippen LogP contribution < -0.4 is 10.5 Å². The number of ether oxygens (including phenoxy) is 1. The van der Waals surface area contributed by atoms with Crippen LogP contribution in [0.15, 0.2) is 53.3 Å². The third-order valence-electron chi connectivity index (χ3n) is 4.46. The molecule has 3 rings (SSSR count). The number of carbonyl (C=O) groups excluding carboxylic acids is 2. The molecule has 0 bridgehead atoms. The molecule has 0 aliphatic carbocycles. The highest BCUT2D eigenvalue weighted by Crippen LogP contribution is 2.16. The van der Waals surface area contributed by atoms with Gasteiger partial charge in [0.15, 0.2) is 0 Å². The summed E-state index contributed by atoms with van der Waals surface area (Å²) in [5, 5.41) is 0.291. The van der Waals surface area contributed by atoms with Crippen molar-refractivity contribution in [1.29, 1.82) is 0 Å². The molecule has 1 amide bonds. The number of nitrogens with zero attached hydrogens (tertiary/aromatic N) is 2. The normalized spacial score (nSPS) is 10.9. The van der Waals surface area contributed by atoms with E-state index in [0.29, 0.717) is 41.6 Å². The maximum atomic E-state index is 12.8. The van der Waals surface area contributed by atoms with Crippen molar-refractivity contribution >= 4 is 29.2 Å². The number of aromatic amines is 1. The minimum Gasteiger partial charge on any atom is -0.444 e. The van der Waals surface area contributed by atoms with Crippen LogP contribution in [0.2, 0.25) is 0 Å². The fourth-order valence-electron chi connectivity index (χ4n) is 2.81. The van der Waals surface area contributed by atoms with Crippen LogP contribution in [-0.4, -0.2) is 28.9 Å². The number of hydrogen-bond donors (Lipinski definition) is 1. The van der Waals surface area contributed by atoms with E-state index in [0.717, 1.165) is 5.56 Å². The molecule has 0 spiro atoms. The third kappa shape index (κ3) is 5.07. The van der Waals surface area contributed by atoms with Crippen molar-refractivity contribution in [3.05, 3.63) is 70.0 Å². The standard InChI is InChI=1S/C22H23N3O4/c1-15(2)10-11-25(22(28)29-14-16-6-4-3-5-7-16)21-23-19-9-8-17(13-26)12-18(19)20(27)24-21/h3-9,12-13,15H,10-11,14H2,1-2H3,(H,23,24,27). The van der Waals surface area contributed by atoms with Gasteiger partial charge in [0.1, 0.15) is 12.9 Å². The van der Waals surface area contributed by atoms with Gasteiger partial charge in [0.25, 0.3) is 5.56 Å². The maximum Gasteiger partial charge on any atom is 0.416 e. The monoisotopic (exact) mass is 393 g/mol. The van der Waals surface area contributed by atoms with Gasteiger partial charge in [-0.15, -0.1) is 0 Å². The van der Waals surface area contributed by atoms with Crippen LogP contribution in [0.5, 0.6) is 0 Å². The maximum absolute atomic E-state index is 12.8. The number of anilines is 1. The first-order valence-corrected chi connectivity index (χ1v) is 9.45. The number of carbonyl (C=O) groups is 2. The number of hydrogen-bond acceptors (Lipinski definition) is 5. The SMILES string of the molecule is CC(C)CCN(C(=O)OCc1ccccc1)c1nc2ccc(C=O)cc2c(=O)[nH]1. The molecule has 1 heterocycles. The van der Waals surface area contributed by atoms with Crippen molar-refractivity contribution in [1.82, 2.24) is 9.97 Å². The van der Waals surface area contributed by atoms with Crippen LogP contribution >= 0.6 is 0 Å². The van der Waals surface area contributed by atoms with Crippen molar-refractivity contribution in [3.8, 4) is 0 Å². The molecule has 0 unspecified atom stereocenters. The summed E-state index contributed by atoms with van der Waals surface area (Å²) < 4.78 is 5.44. The molecular formula is C22H23N3O4. The van der Waals surface area contributed by atoms with Gasteiger partial charge in [-0.05, 0) is 36.1 Å². The lowest BCUT2D eigenvalue weighted by molar-refractivity contribution is 0.112. The molecule has 1 aromatic heterocycles. The average Bonchev–Trinajstić information content (AvgIpc) is 2.72. The van der Waals surface area contributed by atoms with Gasteiger partial charge in [0.2, 0.25) is 5.95 Å². The third-order valence-corrected chi connectivity index (χ3v) is 4.46. The van der Waals surface area contributed by atoms with Gasteiger partial charge in [0, 0.05) is 12.1 Å². The van der Waals surface area contributed by atoms with E-state index in [1.165, 1.54) is 11.0 Å². The summed E-state index contributed by atoms with van der Waals surface area (Å²) in [4.78, 5) is 44.7. The topological polar surface area (TPSA) is 92.4 Å². The number of benzene rings is 2. The molecule has 0 saturated heterocycles. The zero-order valence-electron chi connectivity index (χ0n) is 16.4. The van der Waals surface area contributed by atoms with Gasteiger partial charge >= 0.3 is 6.09 Å². The Labute approximate surface area is 168 Å². The van der Waals surface area contributed by atoms with Crippen LogP contribution in [-0.2, 0) is 11.3 Å². The van der Waals surface area contributed by atoms with Crippen molar-refractivity contribution in [3.63, 3.8) is 0 Å². The minimum atomic E-state index is -0.582. The predicted molar refractivity (Wildman–Crippen MR) is 111 cm³/mol. The Morgan fingerprint density at radius 3 is 2.66 bits per heavy atom. The Bertz CT molecular complexity index is 1060. The molecule has 7 nitrogen and oxygen atoms in total. The Kier molecular flexibility index (Phi) is 6.39. The van der Waals surface area contributed by atoms with Crippen LogP contribution in [0.4, 0.5) is 10.7 Å². The molecule has 29 heavy (non-hydrogen) atoms. The Balaban J connectivity index is 1.90. The van der Waals surface area contributed by atoms with E-state index in [2.05, 4.69) is 9.97 Å². The Morgan fingerprint density at radius 1 is 1.21 bits per heavy atom. The summed E-state index contributed by atoms with van der Waals surface area (Å²) in [6.07, 6.45) is 0.802. The fourth-order valence-corrected chi connectivity index (χ4v) is 2.81. The number of aromatic nitrogens is 2. The molecule has 0 fully saturated rings. The highest BCUT2D eigenvalue weighted by atomic mass is 16.6. The van der Waals surface area contributed by atoms with E-state index < -0.39 is 11.7 Å². The van der Waals surface area contributed by atoms with E-state index >= 15 is 0 Å². The second-order valence-electron chi connectivity index (χ2n) is 7.16. The molecule has 7 heteroatoms. The quantitative estimate of drug-likeness (QED) is 0.614. The van der Waals surface area contributed by atoms with Gasteiger partial charge in [-0.1, -0.05) is 44.2 Å². The highest BCUT2D eigenvalue weighted by molar-refractivity contribution is 5.89. The fraction of sp³-hybridized carbons (Fsp3) is 0.273. The zero-order chi connectivity index (χ0) is 20.8. The first-order valence-electron chi connectivity index (χ1n) is 9.45. The zero-order valence-corrected chi connectivity index (χ0v) is 16.4. The summed E-state index contributed by atoms with van der Waals surface area (Å²) in [7, 11) is 0.